The second-order valence-electron chi connectivity index (χ2n) is 6.22. The van der Waals surface area contributed by atoms with E-state index in [1.54, 1.807) is 38.3 Å². The van der Waals surface area contributed by atoms with Crippen molar-refractivity contribution >= 4 is 21.6 Å². The summed E-state index contributed by atoms with van der Waals surface area (Å²) in [6.45, 7) is 7.72. The van der Waals surface area contributed by atoms with Crippen LogP contribution in [0.25, 0.3) is 0 Å². The van der Waals surface area contributed by atoms with Crippen LogP contribution >= 0.6 is 0 Å². The maximum Gasteiger partial charge on any atom is 0.244 e. The van der Waals surface area contributed by atoms with Gasteiger partial charge in [-0.3, -0.25) is 9.10 Å². The van der Waals surface area contributed by atoms with Gasteiger partial charge in [0.05, 0.1) is 19.1 Å². The Labute approximate surface area is 145 Å². The second kappa shape index (κ2) is 8.37. The number of nitrogens with one attached hydrogen (secondary N) is 1. The van der Waals surface area contributed by atoms with Gasteiger partial charge in [0.2, 0.25) is 15.9 Å². The van der Waals surface area contributed by atoms with Crippen molar-refractivity contribution < 1.29 is 17.9 Å². The Hall–Kier alpha value is -1.76. The number of amides is 1. The molecule has 1 N–H and O–H groups in total. The van der Waals surface area contributed by atoms with Crippen LogP contribution < -0.4 is 14.4 Å². The van der Waals surface area contributed by atoms with Gasteiger partial charge in [0.15, 0.2) is 0 Å². The van der Waals surface area contributed by atoms with Crippen molar-refractivity contribution in [2.75, 3.05) is 17.7 Å². The molecule has 0 spiro atoms. The molecule has 0 aliphatic carbocycles. The summed E-state index contributed by atoms with van der Waals surface area (Å²) < 4.78 is 30.9. The van der Waals surface area contributed by atoms with Crippen LogP contribution in [0, 0.1) is 5.92 Å². The van der Waals surface area contributed by atoms with Crippen molar-refractivity contribution in [3.05, 3.63) is 24.3 Å². The molecule has 6 nitrogen and oxygen atoms in total. The summed E-state index contributed by atoms with van der Waals surface area (Å²) in [6.07, 6.45) is 1.48. The lowest BCUT2D eigenvalue weighted by molar-refractivity contribution is -0.123. The first-order valence-electron chi connectivity index (χ1n) is 8.05. The second-order valence-corrected chi connectivity index (χ2v) is 8.08. The van der Waals surface area contributed by atoms with Gasteiger partial charge in [-0.2, -0.15) is 0 Å². The van der Waals surface area contributed by atoms with Crippen LogP contribution in [0.15, 0.2) is 24.3 Å². The maximum atomic E-state index is 12.6. The van der Waals surface area contributed by atoms with Crippen molar-refractivity contribution in [1.82, 2.24) is 5.32 Å². The van der Waals surface area contributed by atoms with Crippen LogP contribution in [0.5, 0.6) is 5.75 Å². The number of nitrogens with zero attached hydrogens (tertiary/aromatic N) is 1. The average Bonchev–Trinajstić information content (AvgIpc) is 2.51. The Balaban J connectivity index is 3.19. The fourth-order valence-corrected chi connectivity index (χ4v) is 3.49. The summed E-state index contributed by atoms with van der Waals surface area (Å²) in [4.78, 5) is 12.6. The molecule has 0 aliphatic rings. The summed E-state index contributed by atoms with van der Waals surface area (Å²) in [5.41, 5.74) is 0.442. The molecule has 0 aliphatic heterocycles. The van der Waals surface area contributed by atoms with Crippen molar-refractivity contribution in [1.29, 1.82) is 0 Å². The molecule has 0 aromatic heterocycles. The van der Waals surface area contributed by atoms with Gasteiger partial charge in [-0.15, -0.1) is 0 Å². The summed E-state index contributed by atoms with van der Waals surface area (Å²) in [7, 11) is -2.08. The molecular formula is C17H28N2O4S. The molecule has 0 saturated heterocycles. The van der Waals surface area contributed by atoms with Gasteiger partial charge in [0.1, 0.15) is 11.8 Å². The predicted octanol–water partition coefficient (Wildman–Crippen LogP) is 2.40. The van der Waals surface area contributed by atoms with E-state index in [-0.39, 0.29) is 17.9 Å². The van der Waals surface area contributed by atoms with E-state index in [4.69, 9.17) is 4.74 Å². The molecule has 24 heavy (non-hydrogen) atoms. The number of rotatable bonds is 8. The highest BCUT2D eigenvalue weighted by atomic mass is 32.2. The van der Waals surface area contributed by atoms with E-state index in [2.05, 4.69) is 5.32 Å². The summed E-state index contributed by atoms with van der Waals surface area (Å²) in [5.74, 6) is 0.595. The first-order valence-corrected chi connectivity index (χ1v) is 9.90. The molecule has 7 heteroatoms. The Morgan fingerprint density at radius 2 is 1.75 bits per heavy atom. The molecule has 0 heterocycles. The summed E-state index contributed by atoms with van der Waals surface area (Å²) in [5, 5.41) is 2.91. The SMILES string of the molecule is CC[C@H](C(=O)N[C@H](C)C(C)C)N(c1ccc(OC)cc1)S(C)(=O)=O. The van der Waals surface area contributed by atoms with Crippen LogP contribution in [0.3, 0.4) is 0 Å². The van der Waals surface area contributed by atoms with Crippen molar-refractivity contribution in [3.63, 3.8) is 0 Å². The molecule has 1 aromatic rings. The molecule has 0 saturated carbocycles. The predicted molar refractivity (Wildman–Crippen MR) is 96.8 cm³/mol. The zero-order chi connectivity index (χ0) is 18.5. The molecule has 0 bridgehead atoms. The van der Waals surface area contributed by atoms with Crippen molar-refractivity contribution in [2.45, 2.75) is 46.2 Å². The number of carbonyl (C=O) groups is 1. The minimum absolute atomic E-state index is 0.0381. The quantitative estimate of drug-likeness (QED) is 0.776. The first kappa shape index (κ1) is 20.3. The lowest BCUT2D eigenvalue weighted by Gasteiger charge is -2.31. The molecule has 0 radical (unpaired) electrons. The normalized spacial score (nSPS) is 14.1. The Kier molecular flexibility index (Phi) is 7.08. The molecule has 0 fully saturated rings. The van der Waals surface area contributed by atoms with Gasteiger partial charge >= 0.3 is 0 Å². The number of ether oxygens (including phenoxy) is 1. The first-order chi connectivity index (χ1) is 11.1. The molecule has 1 aromatic carbocycles. The number of benzene rings is 1. The van der Waals surface area contributed by atoms with E-state index in [1.807, 2.05) is 20.8 Å². The number of hydrogen-bond donors (Lipinski definition) is 1. The lowest BCUT2D eigenvalue weighted by atomic mass is 10.1. The van der Waals surface area contributed by atoms with Gasteiger partial charge in [-0.05, 0) is 43.5 Å². The highest BCUT2D eigenvalue weighted by Crippen LogP contribution is 2.25. The number of anilines is 1. The number of hydrogen-bond acceptors (Lipinski definition) is 4. The highest BCUT2D eigenvalue weighted by molar-refractivity contribution is 7.92. The third-order valence-corrected chi connectivity index (χ3v) is 5.21. The number of carbonyl (C=O) groups excluding carboxylic acids is 1. The third-order valence-electron chi connectivity index (χ3n) is 4.03. The zero-order valence-electron chi connectivity index (χ0n) is 15.2. The zero-order valence-corrected chi connectivity index (χ0v) is 16.1. The van der Waals surface area contributed by atoms with E-state index in [0.29, 0.717) is 17.9 Å². The van der Waals surface area contributed by atoms with E-state index in [0.717, 1.165) is 6.26 Å². The van der Waals surface area contributed by atoms with E-state index >= 15 is 0 Å². The van der Waals surface area contributed by atoms with Gasteiger partial charge in [0.25, 0.3) is 0 Å². The third kappa shape index (κ3) is 5.12. The lowest BCUT2D eigenvalue weighted by Crippen LogP contribution is -2.51. The van der Waals surface area contributed by atoms with Crippen LogP contribution in [0.4, 0.5) is 5.69 Å². The van der Waals surface area contributed by atoms with Gasteiger partial charge in [-0.25, -0.2) is 8.42 Å². The topological polar surface area (TPSA) is 75.7 Å². The van der Waals surface area contributed by atoms with Gasteiger partial charge in [0, 0.05) is 6.04 Å². The molecular weight excluding hydrogens is 328 g/mol. The van der Waals surface area contributed by atoms with Gasteiger partial charge in [-0.1, -0.05) is 20.8 Å². The van der Waals surface area contributed by atoms with E-state index < -0.39 is 16.1 Å². The Morgan fingerprint density at radius 1 is 1.21 bits per heavy atom. The van der Waals surface area contributed by atoms with Crippen LogP contribution in [0.2, 0.25) is 0 Å². The fraction of sp³-hybridized carbons (Fsp3) is 0.588. The smallest absolute Gasteiger partial charge is 0.244 e. The Bertz CT molecular complexity index is 641. The minimum Gasteiger partial charge on any atom is -0.497 e. The standard InChI is InChI=1S/C17H28N2O4S/c1-7-16(17(20)18-13(4)12(2)3)19(24(6,21)22)14-8-10-15(23-5)11-9-14/h8-13,16H,7H2,1-6H3,(H,18,20)/t13-,16-/m1/s1. The monoisotopic (exact) mass is 356 g/mol. The van der Waals surface area contributed by atoms with Crippen molar-refractivity contribution in [2.24, 2.45) is 5.92 Å². The molecule has 2 atom stereocenters. The largest absolute Gasteiger partial charge is 0.497 e. The summed E-state index contributed by atoms with van der Waals surface area (Å²) in [6, 6.07) is 5.80. The van der Waals surface area contributed by atoms with Crippen molar-refractivity contribution in [3.8, 4) is 5.75 Å². The number of sulfonamides is 1. The highest BCUT2D eigenvalue weighted by Gasteiger charge is 2.32. The summed E-state index contributed by atoms with van der Waals surface area (Å²) >= 11 is 0. The van der Waals surface area contributed by atoms with E-state index in [1.165, 1.54) is 4.31 Å². The Morgan fingerprint density at radius 3 is 2.12 bits per heavy atom. The van der Waals surface area contributed by atoms with E-state index in [9.17, 15) is 13.2 Å². The number of methoxy groups -OCH3 is 1. The fourth-order valence-electron chi connectivity index (χ4n) is 2.28. The molecule has 1 amide bonds. The maximum absolute atomic E-state index is 12.6. The molecule has 0 unspecified atom stereocenters. The van der Waals surface area contributed by atoms with Gasteiger partial charge < -0.3 is 10.1 Å². The van der Waals surface area contributed by atoms with Crippen LogP contribution in [-0.4, -0.2) is 39.8 Å². The molecule has 136 valence electrons. The van der Waals surface area contributed by atoms with Crippen LogP contribution in [0.1, 0.15) is 34.1 Å². The van der Waals surface area contributed by atoms with Crippen LogP contribution in [-0.2, 0) is 14.8 Å². The average molecular weight is 356 g/mol. The molecule has 1 rings (SSSR count). The minimum atomic E-state index is -3.62.